The van der Waals surface area contributed by atoms with Crippen molar-refractivity contribution in [1.29, 1.82) is 0 Å². The Morgan fingerprint density at radius 1 is 1.46 bits per heavy atom. The van der Waals surface area contributed by atoms with Crippen molar-refractivity contribution in [3.63, 3.8) is 0 Å². The van der Waals surface area contributed by atoms with E-state index in [1.165, 1.54) is 6.92 Å². The summed E-state index contributed by atoms with van der Waals surface area (Å²) < 4.78 is 29.3. The monoisotopic (exact) mass is 200 g/mol. The molecule has 7 heteroatoms. The van der Waals surface area contributed by atoms with Crippen LogP contribution < -0.4 is 24.0 Å². The van der Waals surface area contributed by atoms with Gasteiger partial charge in [-0.05, 0) is 18.9 Å². The number of allylic oxidation sites excluding steroid dienone is 1. The van der Waals surface area contributed by atoms with Gasteiger partial charge in [-0.1, -0.05) is 6.92 Å². The molecule has 0 spiro atoms. The van der Waals surface area contributed by atoms with Crippen LogP contribution in [-0.4, -0.2) is 18.9 Å². The number of carbonyl (C=O) groups is 1. The van der Waals surface area contributed by atoms with Gasteiger partial charge >= 0.3 is 18.9 Å². The van der Waals surface area contributed by atoms with Crippen LogP contribution in [0.3, 0.4) is 0 Å². The molecule has 0 aromatic rings. The number of carbonyl (C=O) groups excluding carboxylic acids is 1. The molecule has 0 saturated heterocycles. The fraction of sp³-hybridized carbons (Fsp3) is 0.500. The van der Waals surface area contributed by atoms with Crippen molar-refractivity contribution >= 4 is 16.1 Å². The topological polar surface area (TPSA) is 94.5 Å². The van der Waals surface area contributed by atoms with E-state index in [9.17, 15) is 18.3 Å². The molecule has 0 aromatic carbocycles. The Bertz CT molecular complexity index is 316. The minimum Gasteiger partial charge on any atom is -0.545 e. The largest absolute Gasteiger partial charge is 1.00 e. The van der Waals surface area contributed by atoms with Crippen molar-refractivity contribution in [1.82, 2.24) is 0 Å². The summed E-state index contributed by atoms with van der Waals surface area (Å²) in [5.74, 6) is -1.58. The number of carboxylic acid groups (broad SMARTS) is 1. The van der Waals surface area contributed by atoms with E-state index < -0.39 is 26.6 Å². The zero-order valence-electron chi connectivity index (χ0n) is 7.70. The Morgan fingerprint density at radius 3 is 1.92 bits per heavy atom. The van der Waals surface area contributed by atoms with Gasteiger partial charge in [0, 0.05) is 0 Å². The van der Waals surface area contributed by atoms with Crippen molar-refractivity contribution in [2.45, 2.75) is 20.3 Å². The number of hydrogen-bond donors (Lipinski definition) is 1. The molecule has 0 unspecified atom stereocenters. The SMILES string of the molecule is CCC(C(=O)[O-])=C(C)S(=O)(=O)O.[Li+]. The third-order valence-electron chi connectivity index (χ3n) is 1.41. The van der Waals surface area contributed by atoms with Crippen LogP contribution in [0.15, 0.2) is 10.5 Å². The molecule has 0 fully saturated rings. The summed E-state index contributed by atoms with van der Waals surface area (Å²) >= 11 is 0. The van der Waals surface area contributed by atoms with Crippen molar-refractivity contribution in [2.75, 3.05) is 0 Å². The summed E-state index contributed by atoms with van der Waals surface area (Å²) in [5.41, 5.74) is -0.405. The van der Waals surface area contributed by atoms with Gasteiger partial charge in [0.25, 0.3) is 10.1 Å². The van der Waals surface area contributed by atoms with Gasteiger partial charge in [0.2, 0.25) is 0 Å². The van der Waals surface area contributed by atoms with E-state index in [4.69, 9.17) is 4.55 Å². The van der Waals surface area contributed by atoms with Crippen LogP contribution in [0.25, 0.3) is 0 Å². The second-order valence-corrected chi connectivity index (χ2v) is 3.71. The summed E-state index contributed by atoms with van der Waals surface area (Å²) in [5, 5.41) is 10.3. The van der Waals surface area contributed by atoms with Gasteiger partial charge in [-0.3, -0.25) is 4.55 Å². The fourth-order valence-corrected chi connectivity index (χ4v) is 1.23. The summed E-state index contributed by atoms with van der Waals surface area (Å²) in [7, 11) is -4.40. The molecular formula is C6H9LiO5S. The van der Waals surface area contributed by atoms with Crippen LogP contribution in [0.1, 0.15) is 20.3 Å². The molecule has 0 aromatic heterocycles. The standard InChI is InChI=1S/C6H10O5S.Li/c1-3-5(6(7)8)4(2)12(9,10)11;/h3H2,1-2H3,(H,7,8)(H,9,10,11);/q;+1/p-1. The molecular weight excluding hydrogens is 191 g/mol. The van der Waals surface area contributed by atoms with E-state index in [2.05, 4.69) is 0 Å². The van der Waals surface area contributed by atoms with Crippen LogP contribution in [0.2, 0.25) is 0 Å². The molecule has 0 amide bonds. The number of carboxylic acids is 1. The van der Waals surface area contributed by atoms with Crippen LogP contribution >= 0.6 is 0 Å². The minimum absolute atomic E-state index is 0. The van der Waals surface area contributed by atoms with Crippen molar-refractivity contribution < 1.29 is 41.7 Å². The number of hydrogen-bond acceptors (Lipinski definition) is 4. The maximum absolute atomic E-state index is 10.4. The molecule has 13 heavy (non-hydrogen) atoms. The van der Waals surface area contributed by atoms with Crippen LogP contribution in [0, 0.1) is 0 Å². The van der Waals surface area contributed by atoms with Crippen LogP contribution in [0.4, 0.5) is 0 Å². The Hall–Kier alpha value is -0.283. The van der Waals surface area contributed by atoms with Gasteiger partial charge in [0.05, 0.1) is 10.9 Å². The van der Waals surface area contributed by atoms with Crippen LogP contribution in [0.5, 0.6) is 0 Å². The normalized spacial score (nSPS) is 12.8. The van der Waals surface area contributed by atoms with Gasteiger partial charge in [-0.2, -0.15) is 8.42 Å². The molecule has 0 aliphatic carbocycles. The second kappa shape index (κ2) is 5.45. The van der Waals surface area contributed by atoms with E-state index >= 15 is 0 Å². The average Bonchev–Trinajstić information content (AvgIpc) is 1.86. The van der Waals surface area contributed by atoms with Gasteiger partial charge in [0.15, 0.2) is 0 Å². The minimum atomic E-state index is -4.40. The van der Waals surface area contributed by atoms with E-state index in [0.717, 1.165) is 6.92 Å². The van der Waals surface area contributed by atoms with E-state index in [1.54, 1.807) is 0 Å². The predicted molar refractivity (Wildman–Crippen MR) is 39.5 cm³/mol. The molecule has 0 aliphatic rings. The molecule has 1 N–H and O–H groups in total. The summed E-state index contributed by atoms with van der Waals surface area (Å²) in [6.07, 6.45) is -0.00600. The molecule has 0 heterocycles. The average molecular weight is 200 g/mol. The van der Waals surface area contributed by atoms with Crippen LogP contribution in [-0.2, 0) is 14.9 Å². The van der Waals surface area contributed by atoms with Gasteiger partial charge in [0.1, 0.15) is 0 Å². The van der Waals surface area contributed by atoms with Crippen molar-refractivity contribution in [2.24, 2.45) is 0 Å². The molecule has 0 radical (unpaired) electrons. The predicted octanol–water partition coefficient (Wildman–Crippen LogP) is -3.69. The molecule has 0 rings (SSSR count). The van der Waals surface area contributed by atoms with E-state index in [1.807, 2.05) is 0 Å². The van der Waals surface area contributed by atoms with Crippen molar-refractivity contribution in [3.05, 3.63) is 10.5 Å². The molecule has 0 saturated carbocycles. The van der Waals surface area contributed by atoms with Gasteiger partial charge in [-0.25, -0.2) is 0 Å². The number of aliphatic carboxylic acids is 1. The Labute approximate surface area is 88.8 Å². The summed E-state index contributed by atoms with van der Waals surface area (Å²) in [6.45, 7) is 2.48. The Morgan fingerprint density at radius 2 is 1.85 bits per heavy atom. The van der Waals surface area contributed by atoms with Crippen molar-refractivity contribution in [3.8, 4) is 0 Å². The zero-order chi connectivity index (χ0) is 9.94. The Kier molecular flexibility index (Phi) is 6.37. The quantitative estimate of drug-likeness (QED) is 0.287. The number of rotatable bonds is 3. The molecule has 0 aliphatic heterocycles. The first-order valence-corrected chi connectivity index (χ1v) is 4.63. The Balaban J connectivity index is 0. The third-order valence-corrected chi connectivity index (χ3v) is 2.43. The van der Waals surface area contributed by atoms with Gasteiger partial charge < -0.3 is 9.90 Å². The fourth-order valence-electron chi connectivity index (χ4n) is 0.693. The maximum Gasteiger partial charge on any atom is 1.00 e. The third kappa shape index (κ3) is 4.48. The van der Waals surface area contributed by atoms with E-state index in [0.29, 0.717) is 0 Å². The summed E-state index contributed by atoms with van der Waals surface area (Å²) in [6, 6.07) is 0. The zero-order valence-corrected chi connectivity index (χ0v) is 8.51. The second-order valence-electron chi connectivity index (χ2n) is 2.15. The first kappa shape index (κ1) is 15.2. The molecule has 70 valence electrons. The smallest absolute Gasteiger partial charge is 0.545 e. The first-order valence-electron chi connectivity index (χ1n) is 3.19. The summed E-state index contributed by atoms with van der Waals surface area (Å²) in [4.78, 5) is 9.71. The molecule has 5 nitrogen and oxygen atoms in total. The first-order chi connectivity index (χ1) is 5.30. The van der Waals surface area contributed by atoms with E-state index in [-0.39, 0.29) is 25.3 Å². The van der Waals surface area contributed by atoms with Gasteiger partial charge in [-0.15, -0.1) is 0 Å². The molecule has 0 bridgehead atoms. The maximum atomic E-state index is 10.4. The molecule has 0 atom stereocenters.